The van der Waals surface area contributed by atoms with E-state index in [9.17, 15) is 9.59 Å². The lowest BCUT2D eigenvalue weighted by atomic mass is 10.2. The van der Waals surface area contributed by atoms with Gasteiger partial charge in [0.2, 0.25) is 0 Å². The molecule has 0 bridgehead atoms. The average molecular weight is 413 g/mol. The quantitative estimate of drug-likeness (QED) is 0.668. The van der Waals surface area contributed by atoms with Crippen LogP contribution in [0.15, 0.2) is 35.4 Å². The zero-order valence-corrected chi connectivity index (χ0v) is 17.3. The molecule has 0 radical (unpaired) electrons. The molecule has 0 spiro atoms. The first-order valence-electron chi connectivity index (χ1n) is 9.71. The van der Waals surface area contributed by atoms with Crippen LogP contribution in [-0.2, 0) is 11.3 Å². The Morgan fingerprint density at radius 2 is 2.17 bits per heavy atom. The molecule has 4 rings (SSSR count). The maximum absolute atomic E-state index is 13.0. The van der Waals surface area contributed by atoms with Crippen LogP contribution in [0.4, 0.5) is 5.69 Å². The Balaban J connectivity index is 1.58. The van der Waals surface area contributed by atoms with Crippen molar-refractivity contribution in [1.82, 2.24) is 9.55 Å². The second-order valence-electron chi connectivity index (χ2n) is 6.98. The van der Waals surface area contributed by atoms with Gasteiger partial charge in [0.15, 0.2) is 0 Å². The Morgan fingerprint density at radius 1 is 1.38 bits per heavy atom. The number of carbonyl (C=O) groups excluding carboxylic acids is 1. The van der Waals surface area contributed by atoms with Crippen LogP contribution in [0.3, 0.4) is 0 Å². The minimum Gasteiger partial charge on any atom is -0.494 e. The van der Waals surface area contributed by atoms with Crippen LogP contribution in [-0.4, -0.2) is 34.8 Å². The number of hydrogen-bond donors (Lipinski definition) is 1. The molecule has 152 valence electrons. The molecule has 29 heavy (non-hydrogen) atoms. The number of hydrogen-bond acceptors (Lipinski definition) is 6. The number of nitrogens with one attached hydrogen (secondary N) is 1. The lowest BCUT2D eigenvalue weighted by Crippen LogP contribution is -2.26. The van der Waals surface area contributed by atoms with Crippen LogP contribution in [0.25, 0.3) is 10.2 Å². The lowest BCUT2D eigenvalue weighted by molar-refractivity contribution is 0.0960. The first kappa shape index (κ1) is 19.6. The van der Waals surface area contributed by atoms with Gasteiger partial charge in [-0.2, -0.15) is 0 Å². The molecule has 0 unspecified atom stereocenters. The molecule has 3 aromatic rings. The second kappa shape index (κ2) is 8.34. The molecular weight excluding hydrogens is 390 g/mol. The molecule has 1 aliphatic rings. The van der Waals surface area contributed by atoms with Crippen molar-refractivity contribution in [3.8, 4) is 5.75 Å². The smallest absolute Gasteiger partial charge is 0.266 e. The summed E-state index contributed by atoms with van der Waals surface area (Å²) in [6.45, 7) is 5.53. The summed E-state index contributed by atoms with van der Waals surface area (Å²) in [4.78, 5) is 31.2. The number of nitrogens with zero attached hydrogens (tertiary/aromatic N) is 2. The van der Waals surface area contributed by atoms with E-state index in [1.54, 1.807) is 30.0 Å². The topological polar surface area (TPSA) is 82.4 Å². The van der Waals surface area contributed by atoms with E-state index in [2.05, 4.69) is 10.3 Å². The minimum absolute atomic E-state index is 0.0494. The van der Waals surface area contributed by atoms with E-state index in [-0.39, 0.29) is 17.6 Å². The molecule has 1 aliphatic heterocycles. The van der Waals surface area contributed by atoms with Crippen molar-refractivity contribution in [3.05, 3.63) is 51.4 Å². The van der Waals surface area contributed by atoms with Crippen LogP contribution in [0.1, 0.15) is 35.0 Å². The predicted molar refractivity (Wildman–Crippen MR) is 113 cm³/mol. The Morgan fingerprint density at radius 3 is 2.86 bits per heavy atom. The highest BCUT2D eigenvalue weighted by molar-refractivity contribution is 7.20. The summed E-state index contributed by atoms with van der Waals surface area (Å²) in [6.07, 6.45) is 3.56. The van der Waals surface area contributed by atoms with Crippen molar-refractivity contribution in [2.24, 2.45) is 0 Å². The van der Waals surface area contributed by atoms with Crippen molar-refractivity contribution in [3.63, 3.8) is 0 Å². The second-order valence-corrected chi connectivity index (χ2v) is 7.98. The van der Waals surface area contributed by atoms with E-state index in [1.165, 1.54) is 11.3 Å². The van der Waals surface area contributed by atoms with E-state index in [4.69, 9.17) is 9.47 Å². The van der Waals surface area contributed by atoms with Crippen molar-refractivity contribution in [2.45, 2.75) is 39.3 Å². The number of carbonyl (C=O) groups is 1. The Kier molecular flexibility index (Phi) is 5.64. The average Bonchev–Trinajstić information content (AvgIpc) is 3.34. The SMILES string of the molecule is CCOc1ccc(NC(=O)c2sc3ncn(C[C@@H]4CCCO4)c(=O)c3c2C)cc1. The fourth-order valence-corrected chi connectivity index (χ4v) is 4.54. The Bertz CT molecular complexity index is 1080. The van der Waals surface area contributed by atoms with Crippen LogP contribution >= 0.6 is 11.3 Å². The summed E-state index contributed by atoms with van der Waals surface area (Å²) in [5.41, 5.74) is 1.20. The van der Waals surface area contributed by atoms with Gasteiger partial charge in [0.25, 0.3) is 11.5 Å². The lowest BCUT2D eigenvalue weighted by Gasteiger charge is -2.11. The number of anilines is 1. The molecular formula is C21H23N3O4S. The van der Waals surface area contributed by atoms with Gasteiger partial charge in [-0.15, -0.1) is 11.3 Å². The first-order chi connectivity index (χ1) is 14.1. The molecule has 2 aromatic heterocycles. The first-order valence-corrected chi connectivity index (χ1v) is 10.5. The highest BCUT2D eigenvalue weighted by Crippen LogP contribution is 2.28. The summed E-state index contributed by atoms with van der Waals surface area (Å²) in [5, 5.41) is 3.39. The highest BCUT2D eigenvalue weighted by atomic mass is 32.1. The molecule has 1 amide bonds. The molecule has 0 aliphatic carbocycles. The zero-order chi connectivity index (χ0) is 20.4. The summed E-state index contributed by atoms with van der Waals surface area (Å²) in [5.74, 6) is 0.499. The zero-order valence-electron chi connectivity index (χ0n) is 16.4. The fourth-order valence-electron chi connectivity index (χ4n) is 3.50. The fraction of sp³-hybridized carbons (Fsp3) is 0.381. The largest absolute Gasteiger partial charge is 0.494 e. The molecule has 1 saturated heterocycles. The monoisotopic (exact) mass is 413 g/mol. The standard InChI is InChI=1S/C21H23N3O4S/c1-3-27-15-8-6-14(7-9-15)23-19(25)18-13(2)17-20(29-18)22-12-24(21(17)26)11-16-5-4-10-28-16/h6-9,12,16H,3-5,10-11H2,1-2H3,(H,23,25)/t16-/m0/s1. The van der Waals surface area contributed by atoms with Gasteiger partial charge in [-0.1, -0.05) is 0 Å². The summed E-state index contributed by atoms with van der Waals surface area (Å²) in [7, 11) is 0. The summed E-state index contributed by atoms with van der Waals surface area (Å²) >= 11 is 1.24. The third kappa shape index (κ3) is 4.04. The van der Waals surface area contributed by atoms with Crippen LogP contribution < -0.4 is 15.6 Å². The summed E-state index contributed by atoms with van der Waals surface area (Å²) < 4.78 is 12.6. The molecule has 1 N–H and O–H groups in total. The van der Waals surface area contributed by atoms with Gasteiger partial charge in [-0.25, -0.2) is 4.98 Å². The Labute approximate surface area is 172 Å². The van der Waals surface area contributed by atoms with E-state index >= 15 is 0 Å². The van der Waals surface area contributed by atoms with Gasteiger partial charge in [0.05, 0.1) is 35.8 Å². The minimum atomic E-state index is -0.250. The van der Waals surface area contributed by atoms with Gasteiger partial charge in [0, 0.05) is 12.3 Å². The van der Waals surface area contributed by atoms with Crippen molar-refractivity contribution in [2.75, 3.05) is 18.5 Å². The molecule has 1 fully saturated rings. The van der Waals surface area contributed by atoms with E-state index in [0.29, 0.717) is 39.5 Å². The summed E-state index contributed by atoms with van der Waals surface area (Å²) in [6, 6.07) is 7.20. The molecule has 1 aromatic carbocycles. The number of fused-ring (bicyclic) bond motifs is 1. The van der Waals surface area contributed by atoms with Gasteiger partial charge in [-0.3, -0.25) is 14.2 Å². The van der Waals surface area contributed by atoms with E-state index < -0.39 is 0 Å². The molecule has 7 nitrogen and oxygen atoms in total. The van der Waals surface area contributed by atoms with Gasteiger partial charge < -0.3 is 14.8 Å². The molecule has 3 heterocycles. The third-order valence-corrected chi connectivity index (χ3v) is 6.17. The van der Waals surface area contributed by atoms with Crippen LogP contribution in [0, 0.1) is 6.92 Å². The van der Waals surface area contributed by atoms with Crippen LogP contribution in [0.2, 0.25) is 0 Å². The van der Waals surface area contributed by atoms with E-state index in [0.717, 1.165) is 25.2 Å². The maximum Gasteiger partial charge on any atom is 0.266 e. The normalized spacial score (nSPS) is 16.3. The number of aryl methyl sites for hydroxylation is 1. The molecule has 0 saturated carbocycles. The van der Waals surface area contributed by atoms with Crippen molar-refractivity contribution >= 4 is 33.1 Å². The number of rotatable bonds is 6. The third-order valence-electron chi connectivity index (χ3n) is 4.97. The van der Waals surface area contributed by atoms with Gasteiger partial charge in [-0.05, 0) is 56.5 Å². The molecule has 8 heteroatoms. The number of ether oxygens (including phenoxy) is 2. The van der Waals surface area contributed by atoms with Gasteiger partial charge >= 0.3 is 0 Å². The van der Waals surface area contributed by atoms with Gasteiger partial charge in [0.1, 0.15) is 10.6 Å². The number of thiophene rings is 1. The molecule has 1 atom stereocenters. The number of aromatic nitrogens is 2. The number of benzene rings is 1. The number of amides is 1. The van der Waals surface area contributed by atoms with E-state index in [1.807, 2.05) is 19.1 Å². The Hall–Kier alpha value is -2.71. The van der Waals surface area contributed by atoms with Crippen molar-refractivity contribution in [1.29, 1.82) is 0 Å². The van der Waals surface area contributed by atoms with Crippen LogP contribution in [0.5, 0.6) is 5.75 Å². The maximum atomic E-state index is 13.0. The predicted octanol–water partition coefficient (Wildman–Crippen LogP) is 3.60. The van der Waals surface area contributed by atoms with Crippen molar-refractivity contribution < 1.29 is 14.3 Å². The highest BCUT2D eigenvalue weighted by Gasteiger charge is 2.22.